The summed E-state index contributed by atoms with van der Waals surface area (Å²) in [4.78, 5) is 11.1. The van der Waals surface area contributed by atoms with E-state index in [4.69, 9.17) is 15.6 Å². The van der Waals surface area contributed by atoms with Crippen molar-refractivity contribution in [1.82, 2.24) is 4.57 Å². The second-order valence-electron chi connectivity index (χ2n) is 5.80. The van der Waals surface area contributed by atoms with E-state index in [2.05, 4.69) is 16.7 Å². The highest BCUT2D eigenvalue weighted by Crippen LogP contribution is 2.27. The number of hydrogen-bond acceptors (Lipinski definition) is 3. The maximum absolute atomic E-state index is 11.1. The summed E-state index contributed by atoms with van der Waals surface area (Å²) in [6.45, 7) is 0.714. The highest BCUT2D eigenvalue weighted by Gasteiger charge is 2.17. The van der Waals surface area contributed by atoms with Gasteiger partial charge < -0.3 is 20.1 Å². The van der Waals surface area contributed by atoms with Gasteiger partial charge in [-0.05, 0) is 29.3 Å². The van der Waals surface area contributed by atoms with Crippen LogP contribution in [0.25, 0.3) is 10.9 Å². The van der Waals surface area contributed by atoms with Crippen molar-refractivity contribution in [2.45, 2.75) is 19.0 Å². The molecule has 1 heterocycles. The Labute approximate surface area is 140 Å². The summed E-state index contributed by atoms with van der Waals surface area (Å²) in [5.41, 5.74) is 8.86. The van der Waals surface area contributed by atoms with Crippen molar-refractivity contribution in [1.29, 1.82) is 0 Å². The lowest BCUT2D eigenvalue weighted by atomic mass is 10.1. The minimum Gasteiger partial charge on any atom is -0.497 e. The number of carbonyl (C=O) groups is 1. The fourth-order valence-corrected chi connectivity index (χ4v) is 2.87. The predicted molar refractivity (Wildman–Crippen MR) is 93.3 cm³/mol. The minimum absolute atomic E-state index is 0.279. The van der Waals surface area contributed by atoms with E-state index in [1.807, 2.05) is 42.6 Å². The van der Waals surface area contributed by atoms with Gasteiger partial charge in [0.15, 0.2) is 0 Å². The third-order valence-electron chi connectivity index (χ3n) is 4.12. The molecule has 0 spiro atoms. The number of nitrogens with two attached hydrogens (primary N) is 1. The van der Waals surface area contributed by atoms with E-state index in [0.717, 1.165) is 22.2 Å². The number of methoxy groups -OCH3 is 1. The lowest BCUT2D eigenvalue weighted by Crippen LogP contribution is -2.32. The number of fused-ring (bicyclic) bond motifs is 1. The van der Waals surface area contributed by atoms with Crippen LogP contribution in [0.1, 0.15) is 11.1 Å². The van der Waals surface area contributed by atoms with E-state index in [1.54, 1.807) is 7.11 Å². The van der Waals surface area contributed by atoms with Crippen molar-refractivity contribution in [3.8, 4) is 5.75 Å². The zero-order chi connectivity index (χ0) is 17.1. The number of carboxylic acid groups (broad SMARTS) is 1. The van der Waals surface area contributed by atoms with Crippen molar-refractivity contribution in [2.75, 3.05) is 7.11 Å². The second kappa shape index (κ2) is 6.76. The maximum atomic E-state index is 11.1. The molecule has 0 radical (unpaired) electrons. The Morgan fingerprint density at radius 1 is 1.25 bits per heavy atom. The molecule has 3 N–H and O–H groups in total. The van der Waals surface area contributed by atoms with E-state index in [9.17, 15) is 4.79 Å². The number of aromatic nitrogens is 1. The van der Waals surface area contributed by atoms with E-state index in [0.29, 0.717) is 6.54 Å². The molecule has 124 valence electrons. The quantitative estimate of drug-likeness (QED) is 0.731. The molecule has 0 unspecified atom stereocenters. The zero-order valence-corrected chi connectivity index (χ0v) is 13.5. The van der Waals surface area contributed by atoms with Gasteiger partial charge in [0.05, 0.1) is 7.11 Å². The lowest BCUT2D eigenvalue weighted by molar-refractivity contribution is -0.138. The molecule has 0 amide bonds. The van der Waals surface area contributed by atoms with Gasteiger partial charge in [0, 0.05) is 30.1 Å². The highest BCUT2D eigenvalue weighted by molar-refractivity contribution is 5.86. The maximum Gasteiger partial charge on any atom is 0.320 e. The molecule has 5 heteroatoms. The summed E-state index contributed by atoms with van der Waals surface area (Å²) >= 11 is 0. The molecule has 0 saturated heterocycles. The second-order valence-corrected chi connectivity index (χ2v) is 5.80. The van der Waals surface area contributed by atoms with E-state index in [-0.39, 0.29) is 6.42 Å². The number of hydrogen-bond donors (Lipinski definition) is 2. The molecule has 5 nitrogen and oxygen atoms in total. The van der Waals surface area contributed by atoms with Crippen LogP contribution >= 0.6 is 0 Å². The molecule has 0 aliphatic rings. The number of rotatable bonds is 6. The van der Waals surface area contributed by atoms with Crippen LogP contribution in [0.3, 0.4) is 0 Å². The Bertz CT molecular complexity index is 856. The van der Waals surface area contributed by atoms with Crippen molar-refractivity contribution < 1.29 is 14.6 Å². The molecular formula is C19H20N2O3. The molecule has 2 aromatic carbocycles. The van der Waals surface area contributed by atoms with E-state index < -0.39 is 12.0 Å². The molecule has 0 saturated carbocycles. The Kier molecular flexibility index (Phi) is 4.53. The van der Waals surface area contributed by atoms with Gasteiger partial charge >= 0.3 is 5.97 Å². The Morgan fingerprint density at radius 2 is 2.00 bits per heavy atom. The van der Waals surface area contributed by atoms with Gasteiger partial charge in [0.1, 0.15) is 11.8 Å². The zero-order valence-electron chi connectivity index (χ0n) is 13.5. The van der Waals surface area contributed by atoms with Crippen LogP contribution in [0.15, 0.2) is 54.7 Å². The minimum atomic E-state index is -0.998. The molecule has 1 atom stereocenters. The number of benzene rings is 2. The Balaban J connectivity index is 2.04. The molecule has 1 aromatic heterocycles. The molecule has 0 bridgehead atoms. The van der Waals surface area contributed by atoms with Gasteiger partial charge in [0.2, 0.25) is 0 Å². The normalized spacial score (nSPS) is 12.2. The monoisotopic (exact) mass is 324 g/mol. The first-order valence-electron chi connectivity index (χ1n) is 7.76. The average molecular weight is 324 g/mol. The van der Waals surface area contributed by atoms with Gasteiger partial charge in [-0.25, -0.2) is 0 Å². The fraction of sp³-hybridized carbons (Fsp3) is 0.211. The largest absolute Gasteiger partial charge is 0.497 e. The van der Waals surface area contributed by atoms with E-state index >= 15 is 0 Å². The van der Waals surface area contributed by atoms with Gasteiger partial charge in [-0.15, -0.1) is 0 Å². The average Bonchev–Trinajstić information content (AvgIpc) is 2.92. The number of carboxylic acids is 1. The topological polar surface area (TPSA) is 77.5 Å². The summed E-state index contributed by atoms with van der Waals surface area (Å²) in [6, 6.07) is 15.0. The summed E-state index contributed by atoms with van der Waals surface area (Å²) in [6.07, 6.45) is 2.26. The van der Waals surface area contributed by atoms with Gasteiger partial charge in [-0.1, -0.05) is 30.3 Å². The molecule has 24 heavy (non-hydrogen) atoms. The van der Waals surface area contributed by atoms with Crippen LogP contribution < -0.4 is 10.5 Å². The van der Waals surface area contributed by atoms with Crippen LogP contribution in [0.4, 0.5) is 0 Å². The molecule has 0 aliphatic heterocycles. The Hall–Kier alpha value is -2.79. The van der Waals surface area contributed by atoms with Crippen molar-refractivity contribution in [3.63, 3.8) is 0 Å². The molecule has 0 fully saturated rings. The van der Waals surface area contributed by atoms with Crippen LogP contribution in [0.2, 0.25) is 0 Å². The van der Waals surface area contributed by atoms with Gasteiger partial charge in [-0.2, -0.15) is 0 Å². The van der Waals surface area contributed by atoms with Crippen LogP contribution in [0.5, 0.6) is 5.75 Å². The summed E-state index contributed by atoms with van der Waals surface area (Å²) in [5.74, 6) is -0.257. The first-order valence-corrected chi connectivity index (χ1v) is 7.76. The van der Waals surface area contributed by atoms with Gasteiger partial charge in [-0.3, -0.25) is 4.79 Å². The first kappa shape index (κ1) is 16.1. The molecule has 3 aromatic rings. The Morgan fingerprint density at radius 3 is 2.67 bits per heavy atom. The van der Waals surface area contributed by atoms with Crippen LogP contribution in [0, 0.1) is 0 Å². The summed E-state index contributed by atoms with van der Waals surface area (Å²) in [5, 5.41) is 10.1. The molecule has 3 rings (SSSR count). The fourth-order valence-electron chi connectivity index (χ4n) is 2.87. The highest BCUT2D eigenvalue weighted by atomic mass is 16.5. The number of aliphatic carboxylic acids is 1. The van der Waals surface area contributed by atoms with Crippen LogP contribution in [-0.4, -0.2) is 28.8 Å². The van der Waals surface area contributed by atoms with Crippen molar-refractivity contribution in [2.24, 2.45) is 5.73 Å². The number of ether oxygens (including phenoxy) is 1. The predicted octanol–water partition coefficient (Wildman–Crippen LogP) is 2.65. The summed E-state index contributed by atoms with van der Waals surface area (Å²) in [7, 11) is 1.62. The smallest absolute Gasteiger partial charge is 0.320 e. The van der Waals surface area contributed by atoms with E-state index in [1.165, 1.54) is 5.56 Å². The van der Waals surface area contributed by atoms with Crippen molar-refractivity contribution in [3.05, 3.63) is 65.9 Å². The number of nitrogens with zero attached hydrogens (tertiary/aromatic N) is 1. The van der Waals surface area contributed by atoms with Crippen LogP contribution in [-0.2, 0) is 17.8 Å². The molecular weight excluding hydrogens is 304 g/mol. The van der Waals surface area contributed by atoms with Gasteiger partial charge in [0.25, 0.3) is 0 Å². The molecule has 0 aliphatic carbocycles. The summed E-state index contributed by atoms with van der Waals surface area (Å²) < 4.78 is 7.42. The first-order chi connectivity index (χ1) is 11.6. The third kappa shape index (κ3) is 3.26. The van der Waals surface area contributed by atoms with Crippen molar-refractivity contribution >= 4 is 16.9 Å². The lowest BCUT2D eigenvalue weighted by Gasteiger charge is -2.06. The standard InChI is InChI=1S/C19H20N2O3/c1-24-15-7-8-18-16(10-15)14(9-17(20)19(22)23)12-21(18)11-13-5-3-2-4-6-13/h2-8,10,12,17H,9,11,20H2,1H3,(H,22,23)/t17-/m0/s1. The third-order valence-corrected chi connectivity index (χ3v) is 4.12. The SMILES string of the molecule is COc1ccc2c(c1)c(C[C@H](N)C(=O)O)cn2Cc1ccccc1.